The van der Waals surface area contributed by atoms with Gasteiger partial charge in [0.25, 0.3) is 0 Å². The van der Waals surface area contributed by atoms with Crippen molar-refractivity contribution in [2.24, 2.45) is 5.73 Å². The zero-order valence-electron chi connectivity index (χ0n) is 12.3. The fourth-order valence-electron chi connectivity index (χ4n) is 2.74. The van der Waals surface area contributed by atoms with Crippen molar-refractivity contribution in [1.29, 1.82) is 0 Å². The molecule has 0 aromatic rings. The Labute approximate surface area is 122 Å². The van der Waals surface area contributed by atoms with Crippen molar-refractivity contribution in [2.45, 2.75) is 71.0 Å². The van der Waals surface area contributed by atoms with Gasteiger partial charge in [-0.15, -0.1) is 0 Å². The molecule has 5 heteroatoms. The molecule has 1 heterocycles. The van der Waals surface area contributed by atoms with Crippen LogP contribution in [-0.4, -0.2) is 40.5 Å². The summed E-state index contributed by atoms with van der Waals surface area (Å²) in [6, 6.07) is 0.144. The Balaban J connectivity index is 2.60. The van der Waals surface area contributed by atoms with Crippen molar-refractivity contribution in [1.82, 2.24) is 10.2 Å². The van der Waals surface area contributed by atoms with E-state index in [0.29, 0.717) is 4.99 Å². The fourth-order valence-corrected chi connectivity index (χ4v) is 3.00. The lowest BCUT2D eigenvalue weighted by molar-refractivity contribution is -0.127. The Morgan fingerprint density at radius 1 is 1.47 bits per heavy atom. The van der Waals surface area contributed by atoms with Crippen molar-refractivity contribution in [3.63, 3.8) is 0 Å². The Kier molecular flexibility index (Phi) is 6.72. The summed E-state index contributed by atoms with van der Waals surface area (Å²) in [5, 5.41) is 3.07. The monoisotopic (exact) mass is 285 g/mol. The van der Waals surface area contributed by atoms with E-state index in [1.165, 1.54) is 0 Å². The first-order valence-electron chi connectivity index (χ1n) is 7.32. The molecule has 0 saturated carbocycles. The van der Waals surface area contributed by atoms with Crippen molar-refractivity contribution >= 4 is 23.1 Å². The van der Waals surface area contributed by atoms with E-state index < -0.39 is 0 Å². The van der Waals surface area contributed by atoms with Crippen LogP contribution in [0.3, 0.4) is 0 Å². The molecule has 3 N–H and O–H groups in total. The van der Waals surface area contributed by atoms with Gasteiger partial charge in [-0.1, -0.05) is 32.0 Å². The van der Waals surface area contributed by atoms with Crippen LogP contribution in [0, 0.1) is 0 Å². The van der Waals surface area contributed by atoms with Crippen LogP contribution < -0.4 is 11.1 Å². The lowest BCUT2D eigenvalue weighted by atomic mass is 9.99. The molecule has 1 rings (SSSR count). The summed E-state index contributed by atoms with van der Waals surface area (Å²) in [6.07, 6.45) is 5.31. The molecule has 4 nitrogen and oxygen atoms in total. The molecular formula is C14H27N3OS. The van der Waals surface area contributed by atoms with Gasteiger partial charge in [-0.05, 0) is 39.7 Å². The molecule has 1 aliphatic heterocycles. The molecule has 1 amide bonds. The van der Waals surface area contributed by atoms with E-state index in [1.807, 2.05) is 6.92 Å². The van der Waals surface area contributed by atoms with Crippen LogP contribution >= 0.6 is 12.2 Å². The van der Waals surface area contributed by atoms with Crippen molar-refractivity contribution in [3.05, 3.63) is 0 Å². The number of nitrogens with one attached hydrogen (secondary N) is 1. The molecule has 1 fully saturated rings. The highest BCUT2D eigenvalue weighted by Crippen LogP contribution is 2.20. The highest BCUT2D eigenvalue weighted by molar-refractivity contribution is 7.80. The molecule has 0 aromatic carbocycles. The van der Waals surface area contributed by atoms with Gasteiger partial charge in [-0.3, -0.25) is 9.69 Å². The highest BCUT2D eigenvalue weighted by atomic mass is 32.1. The molecule has 3 atom stereocenters. The van der Waals surface area contributed by atoms with E-state index in [1.54, 1.807) is 0 Å². The number of nitrogens with two attached hydrogens (primary N) is 1. The van der Waals surface area contributed by atoms with Crippen LogP contribution in [0.1, 0.15) is 52.9 Å². The van der Waals surface area contributed by atoms with Gasteiger partial charge in [0.2, 0.25) is 5.91 Å². The Morgan fingerprint density at radius 2 is 2.16 bits per heavy atom. The zero-order valence-corrected chi connectivity index (χ0v) is 13.1. The average Bonchev–Trinajstić information content (AvgIpc) is 2.37. The molecule has 0 spiro atoms. The lowest BCUT2D eigenvalue weighted by Gasteiger charge is -2.38. The van der Waals surface area contributed by atoms with Crippen molar-refractivity contribution in [2.75, 3.05) is 6.54 Å². The number of hydrogen-bond donors (Lipinski definition) is 2. The lowest BCUT2D eigenvalue weighted by Crippen LogP contribution is -2.56. The number of rotatable bonds is 6. The van der Waals surface area contributed by atoms with Crippen LogP contribution in [-0.2, 0) is 4.79 Å². The molecule has 3 unspecified atom stereocenters. The number of thiocarbonyl (C=S) groups is 1. The van der Waals surface area contributed by atoms with E-state index in [-0.39, 0.29) is 24.0 Å². The van der Waals surface area contributed by atoms with Gasteiger partial charge >= 0.3 is 0 Å². The Bertz CT molecular complexity index is 322. The van der Waals surface area contributed by atoms with Crippen LogP contribution in [0.15, 0.2) is 0 Å². The SMILES string of the molecule is CCCC(C)NC(=O)C(C)N1CCCCC1C(N)=S. The Hall–Kier alpha value is -0.680. The number of amides is 1. The standard InChI is InChI=1S/C14H27N3OS/c1-4-7-10(2)16-14(18)11(3)17-9-6-5-8-12(17)13(15)19/h10-12H,4-9H2,1-3H3,(H2,15,19)(H,16,18). The predicted molar refractivity (Wildman–Crippen MR) is 83.1 cm³/mol. The minimum Gasteiger partial charge on any atom is -0.392 e. The molecule has 110 valence electrons. The van der Waals surface area contributed by atoms with Gasteiger partial charge in [0, 0.05) is 6.04 Å². The maximum Gasteiger partial charge on any atom is 0.237 e. The van der Waals surface area contributed by atoms with E-state index >= 15 is 0 Å². The smallest absolute Gasteiger partial charge is 0.237 e. The van der Waals surface area contributed by atoms with Crippen LogP contribution in [0.25, 0.3) is 0 Å². The largest absolute Gasteiger partial charge is 0.392 e. The minimum absolute atomic E-state index is 0.0750. The van der Waals surface area contributed by atoms with Gasteiger partial charge in [0.1, 0.15) is 0 Å². The summed E-state index contributed by atoms with van der Waals surface area (Å²) < 4.78 is 0. The molecule has 19 heavy (non-hydrogen) atoms. The van der Waals surface area contributed by atoms with Crippen LogP contribution in [0.4, 0.5) is 0 Å². The second-order valence-electron chi connectivity index (χ2n) is 5.53. The Morgan fingerprint density at radius 3 is 2.74 bits per heavy atom. The number of nitrogens with zero attached hydrogens (tertiary/aromatic N) is 1. The number of hydrogen-bond acceptors (Lipinski definition) is 3. The third-order valence-corrected chi connectivity index (χ3v) is 4.13. The second kappa shape index (κ2) is 7.80. The highest BCUT2D eigenvalue weighted by Gasteiger charge is 2.31. The molecule has 0 aromatic heterocycles. The van der Waals surface area contributed by atoms with E-state index in [9.17, 15) is 4.79 Å². The van der Waals surface area contributed by atoms with Gasteiger partial charge in [0.05, 0.1) is 17.1 Å². The van der Waals surface area contributed by atoms with Gasteiger partial charge < -0.3 is 11.1 Å². The normalized spacial score (nSPS) is 23.6. The average molecular weight is 285 g/mol. The summed E-state index contributed by atoms with van der Waals surface area (Å²) >= 11 is 5.13. The molecule has 1 saturated heterocycles. The molecule has 1 aliphatic rings. The fraction of sp³-hybridized carbons (Fsp3) is 0.857. The summed E-state index contributed by atoms with van der Waals surface area (Å²) in [7, 11) is 0. The number of piperidine rings is 1. The van der Waals surface area contributed by atoms with Gasteiger partial charge in [0.15, 0.2) is 0 Å². The first-order chi connectivity index (χ1) is 8.97. The van der Waals surface area contributed by atoms with Crippen molar-refractivity contribution < 1.29 is 4.79 Å². The third kappa shape index (κ3) is 4.73. The number of likely N-dealkylation sites (tertiary alicyclic amines) is 1. The molecular weight excluding hydrogens is 258 g/mol. The van der Waals surface area contributed by atoms with Gasteiger partial charge in [-0.25, -0.2) is 0 Å². The first-order valence-corrected chi connectivity index (χ1v) is 7.73. The molecule has 0 radical (unpaired) electrons. The van der Waals surface area contributed by atoms with Gasteiger partial charge in [-0.2, -0.15) is 0 Å². The third-order valence-electron chi connectivity index (χ3n) is 3.86. The summed E-state index contributed by atoms with van der Waals surface area (Å²) in [6.45, 7) is 7.03. The summed E-state index contributed by atoms with van der Waals surface area (Å²) in [5.41, 5.74) is 5.80. The first kappa shape index (κ1) is 16.4. The van der Waals surface area contributed by atoms with Crippen LogP contribution in [0.5, 0.6) is 0 Å². The number of carbonyl (C=O) groups excluding carboxylic acids is 1. The number of carbonyl (C=O) groups is 1. The maximum atomic E-state index is 12.3. The van der Waals surface area contributed by atoms with E-state index in [4.69, 9.17) is 18.0 Å². The topological polar surface area (TPSA) is 58.4 Å². The second-order valence-corrected chi connectivity index (χ2v) is 6.00. The zero-order chi connectivity index (χ0) is 14.4. The van der Waals surface area contributed by atoms with E-state index in [2.05, 4.69) is 24.1 Å². The van der Waals surface area contributed by atoms with Crippen LogP contribution in [0.2, 0.25) is 0 Å². The predicted octanol–water partition coefficient (Wildman–Crippen LogP) is 1.82. The quantitative estimate of drug-likeness (QED) is 0.731. The maximum absolute atomic E-state index is 12.3. The molecule has 0 bridgehead atoms. The summed E-state index contributed by atoms with van der Waals surface area (Å²) in [4.78, 5) is 14.9. The minimum atomic E-state index is -0.161. The molecule has 0 aliphatic carbocycles. The summed E-state index contributed by atoms with van der Waals surface area (Å²) in [5.74, 6) is 0.0871. The van der Waals surface area contributed by atoms with Crippen molar-refractivity contribution in [3.8, 4) is 0 Å². The van der Waals surface area contributed by atoms with E-state index in [0.717, 1.165) is 38.6 Å².